The highest BCUT2D eigenvalue weighted by Crippen LogP contribution is 2.32. The summed E-state index contributed by atoms with van der Waals surface area (Å²) in [5, 5.41) is 0.737. The maximum Gasteiger partial charge on any atom is 0.0573 e. The van der Waals surface area contributed by atoms with Crippen LogP contribution in [0.1, 0.15) is 26.9 Å². The maximum absolute atomic E-state index is 6.34. The molecule has 17 heavy (non-hydrogen) atoms. The lowest BCUT2D eigenvalue weighted by atomic mass is 10.0. The maximum atomic E-state index is 6.34. The van der Waals surface area contributed by atoms with Crippen LogP contribution in [0.25, 0.3) is 0 Å². The second-order valence-electron chi connectivity index (χ2n) is 4.01. The molecule has 1 heterocycles. The van der Waals surface area contributed by atoms with Gasteiger partial charge < -0.3 is 5.73 Å². The van der Waals surface area contributed by atoms with E-state index in [0.29, 0.717) is 0 Å². The van der Waals surface area contributed by atoms with Gasteiger partial charge in [0, 0.05) is 18.3 Å². The number of rotatable bonds is 2. The van der Waals surface area contributed by atoms with Crippen molar-refractivity contribution in [3.8, 4) is 0 Å². The van der Waals surface area contributed by atoms with Gasteiger partial charge in [-0.15, -0.1) is 11.3 Å². The van der Waals surface area contributed by atoms with Crippen molar-refractivity contribution >= 4 is 45.5 Å². The van der Waals surface area contributed by atoms with Crippen LogP contribution in [0.15, 0.2) is 24.3 Å². The van der Waals surface area contributed by atoms with Gasteiger partial charge in [0.05, 0.1) is 6.04 Å². The largest absolute Gasteiger partial charge is 0.320 e. The second kappa shape index (κ2) is 5.26. The Morgan fingerprint density at radius 3 is 2.53 bits per heavy atom. The highest BCUT2D eigenvalue weighted by molar-refractivity contribution is 14.1. The van der Waals surface area contributed by atoms with Crippen LogP contribution >= 0.6 is 45.5 Å². The molecule has 1 aromatic carbocycles. The molecule has 0 aliphatic carbocycles. The summed E-state index contributed by atoms with van der Waals surface area (Å²) >= 11 is 10.1. The number of hydrogen-bond acceptors (Lipinski definition) is 2. The molecule has 0 fully saturated rings. The molecule has 1 nitrogen and oxygen atoms in total. The molecule has 2 aromatic rings. The van der Waals surface area contributed by atoms with Crippen molar-refractivity contribution < 1.29 is 0 Å². The highest BCUT2D eigenvalue weighted by Gasteiger charge is 2.16. The van der Waals surface area contributed by atoms with E-state index in [1.165, 1.54) is 15.3 Å². The summed E-state index contributed by atoms with van der Waals surface area (Å²) in [7, 11) is 0. The first kappa shape index (κ1) is 13.3. The first-order chi connectivity index (χ1) is 7.99. The number of thiophene rings is 1. The summed E-state index contributed by atoms with van der Waals surface area (Å²) in [6.45, 7) is 4.22. The molecule has 0 aliphatic rings. The van der Waals surface area contributed by atoms with Gasteiger partial charge in [0.15, 0.2) is 0 Å². The molecule has 4 heteroatoms. The lowest BCUT2D eigenvalue weighted by Gasteiger charge is -2.14. The Kier molecular flexibility index (Phi) is 4.13. The van der Waals surface area contributed by atoms with Crippen LogP contribution in [0, 0.1) is 17.4 Å². The fourth-order valence-electron chi connectivity index (χ4n) is 1.88. The predicted octanol–water partition coefficient (Wildman–Crippen LogP) is 4.67. The Bertz CT molecular complexity index is 550. The minimum Gasteiger partial charge on any atom is -0.320 e. The van der Waals surface area contributed by atoms with Crippen molar-refractivity contribution in [1.82, 2.24) is 0 Å². The third-order valence-corrected chi connectivity index (χ3v) is 4.91. The molecule has 1 atom stereocenters. The Hall–Kier alpha value is -0.100. The van der Waals surface area contributed by atoms with Crippen LogP contribution in [-0.4, -0.2) is 0 Å². The predicted molar refractivity (Wildman–Crippen MR) is 84.0 cm³/mol. The minimum absolute atomic E-state index is 0.0921. The smallest absolute Gasteiger partial charge is 0.0573 e. The average molecular weight is 378 g/mol. The van der Waals surface area contributed by atoms with E-state index in [4.69, 9.17) is 17.3 Å². The van der Waals surface area contributed by atoms with Crippen molar-refractivity contribution in [2.24, 2.45) is 5.73 Å². The van der Waals surface area contributed by atoms with Gasteiger partial charge in [0.25, 0.3) is 0 Å². The van der Waals surface area contributed by atoms with Gasteiger partial charge in [-0.1, -0.05) is 11.6 Å². The molecule has 2 rings (SSSR count). The first-order valence-corrected chi connectivity index (χ1v) is 7.54. The number of halogens is 2. The van der Waals surface area contributed by atoms with Gasteiger partial charge in [-0.25, -0.2) is 0 Å². The fraction of sp³-hybridized carbons (Fsp3) is 0.231. The molecular weight excluding hydrogens is 365 g/mol. The van der Waals surface area contributed by atoms with Gasteiger partial charge in [0.2, 0.25) is 0 Å². The molecule has 2 N–H and O–H groups in total. The zero-order chi connectivity index (χ0) is 12.6. The van der Waals surface area contributed by atoms with Crippen LogP contribution in [-0.2, 0) is 0 Å². The van der Waals surface area contributed by atoms with Crippen LogP contribution in [0.4, 0.5) is 0 Å². The normalized spacial score (nSPS) is 12.8. The van der Waals surface area contributed by atoms with Gasteiger partial charge in [-0.3, -0.25) is 0 Å². The molecule has 0 aliphatic heterocycles. The second-order valence-corrected chi connectivity index (χ2v) is 7.07. The molecule has 1 aromatic heterocycles. The lowest BCUT2D eigenvalue weighted by molar-refractivity contribution is 0.862. The van der Waals surface area contributed by atoms with E-state index in [9.17, 15) is 0 Å². The number of aryl methyl sites for hydroxylation is 2. The Morgan fingerprint density at radius 1 is 1.24 bits per heavy atom. The zero-order valence-corrected chi connectivity index (χ0v) is 13.4. The monoisotopic (exact) mass is 377 g/mol. The van der Waals surface area contributed by atoms with Crippen molar-refractivity contribution in [3.63, 3.8) is 0 Å². The van der Waals surface area contributed by atoms with Gasteiger partial charge >= 0.3 is 0 Å². The standard InChI is InChI=1S/C13H13ClINS/c1-7-5-10(8(2)17-7)13(16)11-6-9(14)3-4-12(11)15/h3-6,13H,16H2,1-2H3. The van der Waals surface area contributed by atoms with E-state index < -0.39 is 0 Å². The van der Waals surface area contributed by atoms with E-state index in [2.05, 4.69) is 42.5 Å². The molecule has 0 saturated heterocycles. The molecule has 0 bridgehead atoms. The van der Waals surface area contributed by atoms with Crippen molar-refractivity contribution in [2.45, 2.75) is 19.9 Å². The lowest BCUT2D eigenvalue weighted by Crippen LogP contribution is -2.13. The molecule has 0 amide bonds. The summed E-state index contributed by atoms with van der Waals surface area (Å²) < 4.78 is 1.16. The van der Waals surface area contributed by atoms with E-state index in [0.717, 1.165) is 14.2 Å². The molecule has 0 saturated carbocycles. The van der Waals surface area contributed by atoms with E-state index in [1.54, 1.807) is 11.3 Å². The fourth-order valence-corrected chi connectivity index (χ4v) is 3.70. The molecule has 0 spiro atoms. The van der Waals surface area contributed by atoms with Crippen molar-refractivity contribution in [3.05, 3.63) is 53.7 Å². The Morgan fingerprint density at radius 2 is 1.94 bits per heavy atom. The Balaban J connectivity index is 2.46. The quantitative estimate of drug-likeness (QED) is 0.756. The van der Waals surface area contributed by atoms with E-state index in [-0.39, 0.29) is 6.04 Å². The highest BCUT2D eigenvalue weighted by atomic mass is 127. The summed E-state index contributed by atoms with van der Waals surface area (Å²) in [5.41, 5.74) is 8.64. The Labute approximate surface area is 124 Å². The SMILES string of the molecule is Cc1cc(C(N)c2cc(Cl)ccc2I)c(C)s1. The van der Waals surface area contributed by atoms with Crippen LogP contribution in [0.2, 0.25) is 5.02 Å². The number of hydrogen-bond donors (Lipinski definition) is 1. The summed E-state index contributed by atoms with van der Waals surface area (Å²) in [6, 6.07) is 7.94. The first-order valence-electron chi connectivity index (χ1n) is 5.26. The molecular formula is C13H13ClINS. The van der Waals surface area contributed by atoms with Crippen LogP contribution < -0.4 is 5.73 Å². The van der Waals surface area contributed by atoms with Gasteiger partial charge in [0.1, 0.15) is 0 Å². The van der Waals surface area contributed by atoms with E-state index in [1.807, 2.05) is 18.2 Å². The van der Waals surface area contributed by atoms with Crippen LogP contribution in [0.3, 0.4) is 0 Å². The average Bonchev–Trinajstić information content (AvgIpc) is 2.60. The number of benzene rings is 1. The van der Waals surface area contributed by atoms with Crippen LogP contribution in [0.5, 0.6) is 0 Å². The molecule has 0 radical (unpaired) electrons. The molecule has 1 unspecified atom stereocenters. The summed E-state index contributed by atoms with van der Waals surface area (Å²) in [4.78, 5) is 2.58. The molecule has 90 valence electrons. The number of nitrogens with two attached hydrogens (primary N) is 1. The van der Waals surface area contributed by atoms with Crippen molar-refractivity contribution in [1.29, 1.82) is 0 Å². The van der Waals surface area contributed by atoms with Crippen molar-refractivity contribution in [2.75, 3.05) is 0 Å². The van der Waals surface area contributed by atoms with E-state index >= 15 is 0 Å². The van der Waals surface area contributed by atoms with Gasteiger partial charge in [-0.2, -0.15) is 0 Å². The third kappa shape index (κ3) is 2.84. The van der Waals surface area contributed by atoms with Gasteiger partial charge in [-0.05, 0) is 71.8 Å². The third-order valence-electron chi connectivity index (χ3n) is 2.71. The topological polar surface area (TPSA) is 26.0 Å². The minimum atomic E-state index is -0.0921. The summed E-state index contributed by atoms with van der Waals surface area (Å²) in [6.07, 6.45) is 0. The summed E-state index contributed by atoms with van der Waals surface area (Å²) in [5.74, 6) is 0. The zero-order valence-electron chi connectivity index (χ0n) is 9.63.